The number of hydrogen-bond acceptors (Lipinski definition) is 6. The number of thioether (sulfide) groups is 1. The van der Waals surface area contributed by atoms with Crippen LogP contribution in [0.25, 0.3) is 6.08 Å². The van der Waals surface area contributed by atoms with Crippen LogP contribution in [0.15, 0.2) is 108 Å². The molecule has 0 heterocycles. The second-order valence-electron chi connectivity index (χ2n) is 8.78. The first-order chi connectivity index (χ1) is 20.4. The number of rotatable bonds is 11. The highest BCUT2D eigenvalue weighted by atomic mass is 35.5. The molecule has 4 rings (SSSR count). The molecule has 0 saturated heterocycles. The number of hydrogen-bond donors (Lipinski definition) is 3. The topological polar surface area (TPSA) is 106 Å². The Morgan fingerprint density at radius 3 is 2.31 bits per heavy atom. The highest BCUT2D eigenvalue weighted by Gasteiger charge is 2.17. The lowest BCUT2D eigenvalue weighted by Crippen LogP contribution is -2.30. The lowest BCUT2D eigenvalue weighted by atomic mass is 10.1. The number of carbonyl (C=O) groups is 3. The SMILES string of the molecule is COc1ccccc1/C=C(/NC(=O)c1ccccc1)C(=O)Nc1cccc(SCC(=O)Nc2cc(Cl)ccc2OC)c1. The summed E-state index contributed by atoms with van der Waals surface area (Å²) in [6.07, 6.45) is 1.56. The number of para-hydroxylation sites is 1. The zero-order valence-corrected chi connectivity index (χ0v) is 24.4. The Kier molecular flexibility index (Phi) is 10.6. The third-order valence-corrected chi connectivity index (χ3v) is 7.09. The van der Waals surface area contributed by atoms with Crippen LogP contribution in [0.1, 0.15) is 15.9 Å². The first kappa shape index (κ1) is 30.2. The largest absolute Gasteiger partial charge is 0.496 e. The molecule has 0 fully saturated rings. The van der Waals surface area contributed by atoms with Gasteiger partial charge in [0.1, 0.15) is 17.2 Å². The van der Waals surface area contributed by atoms with Crippen LogP contribution in [-0.4, -0.2) is 37.7 Å². The maximum absolute atomic E-state index is 13.4. The quantitative estimate of drug-likeness (QED) is 0.134. The van der Waals surface area contributed by atoms with E-state index >= 15 is 0 Å². The molecule has 0 aromatic heterocycles. The van der Waals surface area contributed by atoms with E-state index in [0.29, 0.717) is 39.0 Å². The van der Waals surface area contributed by atoms with E-state index in [1.54, 1.807) is 84.9 Å². The smallest absolute Gasteiger partial charge is 0.272 e. The molecule has 4 aromatic rings. The molecule has 0 aliphatic carbocycles. The fourth-order valence-corrected chi connectivity index (χ4v) is 4.79. The first-order valence-electron chi connectivity index (χ1n) is 12.7. The number of halogens is 1. The van der Waals surface area contributed by atoms with Crippen LogP contribution in [0.3, 0.4) is 0 Å². The van der Waals surface area contributed by atoms with E-state index in [4.69, 9.17) is 21.1 Å². The molecule has 0 spiro atoms. The van der Waals surface area contributed by atoms with E-state index in [9.17, 15) is 14.4 Å². The molecular weight excluding hydrogens is 574 g/mol. The van der Waals surface area contributed by atoms with Crippen molar-refractivity contribution >= 4 is 58.5 Å². The molecule has 3 amide bonds. The van der Waals surface area contributed by atoms with Gasteiger partial charge in [0.05, 0.1) is 25.7 Å². The van der Waals surface area contributed by atoms with Crippen LogP contribution in [0.2, 0.25) is 5.02 Å². The molecule has 8 nitrogen and oxygen atoms in total. The summed E-state index contributed by atoms with van der Waals surface area (Å²) in [4.78, 5) is 39.7. The van der Waals surface area contributed by atoms with Gasteiger partial charge in [-0.1, -0.05) is 54.1 Å². The maximum Gasteiger partial charge on any atom is 0.272 e. The summed E-state index contributed by atoms with van der Waals surface area (Å²) < 4.78 is 10.7. The van der Waals surface area contributed by atoms with Gasteiger partial charge in [0.15, 0.2) is 0 Å². The van der Waals surface area contributed by atoms with Gasteiger partial charge in [0, 0.05) is 26.7 Å². The minimum absolute atomic E-state index is 0.0289. The van der Waals surface area contributed by atoms with Crippen molar-refractivity contribution < 1.29 is 23.9 Å². The minimum atomic E-state index is -0.530. The molecule has 3 N–H and O–H groups in total. The normalized spacial score (nSPS) is 10.9. The van der Waals surface area contributed by atoms with Crippen molar-refractivity contribution in [3.8, 4) is 11.5 Å². The molecule has 0 saturated carbocycles. The molecular formula is C32H28ClN3O5S. The number of ether oxygens (including phenoxy) is 2. The Labute approximate surface area is 253 Å². The van der Waals surface area contributed by atoms with Gasteiger partial charge >= 0.3 is 0 Å². The van der Waals surface area contributed by atoms with Crippen molar-refractivity contribution in [2.45, 2.75) is 4.90 Å². The van der Waals surface area contributed by atoms with Gasteiger partial charge in [-0.2, -0.15) is 0 Å². The van der Waals surface area contributed by atoms with E-state index in [1.165, 1.54) is 26.0 Å². The molecule has 0 bridgehead atoms. The van der Waals surface area contributed by atoms with E-state index in [0.717, 1.165) is 4.90 Å². The number of amides is 3. The Morgan fingerprint density at radius 1 is 0.810 bits per heavy atom. The second kappa shape index (κ2) is 14.8. The minimum Gasteiger partial charge on any atom is -0.496 e. The predicted molar refractivity (Wildman–Crippen MR) is 167 cm³/mol. The molecule has 10 heteroatoms. The number of benzene rings is 4. The molecule has 0 aliphatic rings. The van der Waals surface area contributed by atoms with Crippen LogP contribution in [0.4, 0.5) is 11.4 Å². The Balaban J connectivity index is 1.47. The summed E-state index contributed by atoms with van der Waals surface area (Å²) in [5.74, 6) is -0.0564. The molecule has 4 aromatic carbocycles. The average molecular weight is 602 g/mol. The van der Waals surface area contributed by atoms with Crippen molar-refractivity contribution in [2.24, 2.45) is 0 Å². The summed E-state index contributed by atoms with van der Waals surface area (Å²) in [5, 5.41) is 8.83. The van der Waals surface area contributed by atoms with Crippen molar-refractivity contribution in [1.29, 1.82) is 0 Å². The third-order valence-electron chi connectivity index (χ3n) is 5.87. The first-order valence-corrected chi connectivity index (χ1v) is 14.1. The van der Waals surface area contributed by atoms with E-state index in [-0.39, 0.29) is 17.4 Å². The highest BCUT2D eigenvalue weighted by Crippen LogP contribution is 2.29. The lowest BCUT2D eigenvalue weighted by molar-refractivity contribution is -0.114. The zero-order chi connectivity index (χ0) is 29.9. The average Bonchev–Trinajstić information content (AvgIpc) is 3.00. The van der Waals surface area contributed by atoms with E-state index in [2.05, 4.69) is 16.0 Å². The van der Waals surface area contributed by atoms with Crippen molar-refractivity contribution in [3.05, 3.63) is 119 Å². The van der Waals surface area contributed by atoms with Crippen LogP contribution >= 0.6 is 23.4 Å². The monoisotopic (exact) mass is 601 g/mol. The predicted octanol–water partition coefficient (Wildman–Crippen LogP) is 6.50. The summed E-state index contributed by atoms with van der Waals surface area (Å²) in [6.45, 7) is 0. The Bertz CT molecular complexity index is 1610. The van der Waals surface area contributed by atoms with Gasteiger partial charge in [0.2, 0.25) is 5.91 Å². The van der Waals surface area contributed by atoms with Crippen molar-refractivity contribution in [2.75, 3.05) is 30.6 Å². The van der Waals surface area contributed by atoms with Gasteiger partial charge in [-0.3, -0.25) is 14.4 Å². The third kappa shape index (κ3) is 8.39. The molecule has 0 radical (unpaired) electrons. The zero-order valence-electron chi connectivity index (χ0n) is 22.8. The van der Waals surface area contributed by atoms with Crippen LogP contribution < -0.4 is 25.4 Å². The van der Waals surface area contributed by atoms with Crippen molar-refractivity contribution in [1.82, 2.24) is 5.32 Å². The van der Waals surface area contributed by atoms with Gasteiger partial charge in [-0.05, 0) is 60.7 Å². The van der Waals surface area contributed by atoms with Crippen LogP contribution in [0, 0.1) is 0 Å². The van der Waals surface area contributed by atoms with Gasteiger partial charge in [0.25, 0.3) is 11.8 Å². The van der Waals surface area contributed by atoms with Crippen LogP contribution in [0.5, 0.6) is 11.5 Å². The van der Waals surface area contributed by atoms with E-state index in [1.807, 2.05) is 18.2 Å². The van der Waals surface area contributed by atoms with Crippen LogP contribution in [-0.2, 0) is 9.59 Å². The Hall–Kier alpha value is -4.73. The summed E-state index contributed by atoms with van der Waals surface area (Å²) >= 11 is 7.34. The lowest BCUT2D eigenvalue weighted by Gasteiger charge is -2.13. The number of carbonyl (C=O) groups excluding carboxylic acids is 3. The summed E-state index contributed by atoms with van der Waals surface area (Å²) in [5.41, 5.74) is 2.01. The molecule has 42 heavy (non-hydrogen) atoms. The van der Waals surface area contributed by atoms with E-state index < -0.39 is 11.8 Å². The fraction of sp³-hybridized carbons (Fsp3) is 0.0938. The second-order valence-corrected chi connectivity index (χ2v) is 10.3. The highest BCUT2D eigenvalue weighted by molar-refractivity contribution is 8.00. The molecule has 0 unspecified atom stereocenters. The summed E-state index contributed by atoms with van der Waals surface area (Å²) in [7, 11) is 3.04. The Morgan fingerprint density at radius 2 is 1.55 bits per heavy atom. The number of methoxy groups -OCH3 is 2. The van der Waals surface area contributed by atoms with Crippen molar-refractivity contribution in [3.63, 3.8) is 0 Å². The number of anilines is 2. The van der Waals surface area contributed by atoms with Gasteiger partial charge in [-0.15, -0.1) is 11.8 Å². The number of nitrogens with one attached hydrogen (secondary N) is 3. The molecule has 0 aliphatic heterocycles. The standard InChI is InChI=1S/C32H28ClN3O5S/c1-40-28-14-7-6-11-22(28)17-27(36-31(38)21-9-4-3-5-10-21)32(39)34-24-12-8-13-25(19-24)42-20-30(37)35-26-18-23(33)15-16-29(26)41-2/h3-19H,20H2,1-2H3,(H,34,39)(H,35,37)(H,36,38)/b27-17+. The van der Waals surface area contributed by atoms with Gasteiger partial charge < -0.3 is 25.4 Å². The summed E-state index contributed by atoms with van der Waals surface area (Å²) in [6, 6.07) is 27.8. The maximum atomic E-state index is 13.4. The van der Waals surface area contributed by atoms with Gasteiger partial charge in [-0.25, -0.2) is 0 Å². The molecule has 214 valence electrons. The molecule has 0 atom stereocenters. The fourth-order valence-electron chi connectivity index (χ4n) is 3.86.